The lowest BCUT2D eigenvalue weighted by Gasteiger charge is -2.35. The highest BCUT2D eigenvalue weighted by Crippen LogP contribution is 2.28. The van der Waals surface area contributed by atoms with Crippen molar-refractivity contribution >= 4 is 27.5 Å². The first-order valence-electron chi connectivity index (χ1n) is 16.9. The molecular weight excluding hydrogens is 619 g/mol. The molecule has 1 atom stereocenters. The molecule has 0 spiro atoms. The van der Waals surface area contributed by atoms with Crippen molar-refractivity contribution in [2.24, 2.45) is 0 Å². The second-order valence-electron chi connectivity index (χ2n) is 13.2. The van der Waals surface area contributed by atoms with E-state index < -0.39 is 28.5 Å². The van der Waals surface area contributed by atoms with Gasteiger partial charge in [-0.25, -0.2) is 8.42 Å². The van der Waals surface area contributed by atoms with E-state index in [4.69, 9.17) is 0 Å². The van der Waals surface area contributed by atoms with E-state index in [2.05, 4.69) is 5.32 Å². The zero-order chi connectivity index (χ0) is 34.3. The first-order valence-corrected chi connectivity index (χ1v) is 18.3. The number of aryl methyl sites for hydroxylation is 4. The number of sulfonamides is 1. The molecule has 1 fully saturated rings. The summed E-state index contributed by atoms with van der Waals surface area (Å²) < 4.78 is 29.9. The predicted molar refractivity (Wildman–Crippen MR) is 192 cm³/mol. The lowest BCUT2D eigenvalue weighted by Crippen LogP contribution is -2.55. The van der Waals surface area contributed by atoms with Crippen LogP contribution in [-0.4, -0.2) is 43.8 Å². The van der Waals surface area contributed by atoms with Crippen molar-refractivity contribution in [3.63, 3.8) is 0 Å². The fourth-order valence-electron chi connectivity index (χ4n) is 6.57. The Labute approximate surface area is 286 Å². The van der Waals surface area contributed by atoms with E-state index in [-0.39, 0.29) is 23.4 Å². The molecule has 0 saturated heterocycles. The lowest BCUT2D eigenvalue weighted by atomic mass is 9.94. The molecule has 2 amide bonds. The molecule has 0 bridgehead atoms. The maximum absolute atomic E-state index is 14.8. The van der Waals surface area contributed by atoms with Gasteiger partial charge in [-0.3, -0.25) is 13.9 Å². The molecule has 0 aromatic heterocycles. The fraction of sp³-hybridized carbons (Fsp3) is 0.350. The van der Waals surface area contributed by atoms with Gasteiger partial charge in [0.1, 0.15) is 12.6 Å². The number of benzene rings is 4. The highest BCUT2D eigenvalue weighted by Gasteiger charge is 2.35. The Morgan fingerprint density at radius 3 is 2.02 bits per heavy atom. The molecule has 1 saturated carbocycles. The maximum Gasteiger partial charge on any atom is 0.264 e. The van der Waals surface area contributed by atoms with Crippen molar-refractivity contribution in [1.29, 1.82) is 0 Å². The van der Waals surface area contributed by atoms with Crippen LogP contribution >= 0.6 is 0 Å². The van der Waals surface area contributed by atoms with Crippen LogP contribution in [0.3, 0.4) is 0 Å². The zero-order valence-corrected chi connectivity index (χ0v) is 29.3. The largest absolute Gasteiger partial charge is 0.352 e. The molecule has 252 valence electrons. The van der Waals surface area contributed by atoms with Crippen molar-refractivity contribution in [2.75, 3.05) is 10.8 Å². The Kier molecular flexibility index (Phi) is 11.4. The Balaban J connectivity index is 1.58. The van der Waals surface area contributed by atoms with Crippen LogP contribution in [0.4, 0.5) is 5.69 Å². The highest BCUT2D eigenvalue weighted by atomic mass is 32.2. The Morgan fingerprint density at radius 1 is 0.729 bits per heavy atom. The van der Waals surface area contributed by atoms with E-state index in [1.165, 1.54) is 4.31 Å². The quantitative estimate of drug-likeness (QED) is 0.173. The van der Waals surface area contributed by atoms with Crippen LogP contribution < -0.4 is 9.62 Å². The van der Waals surface area contributed by atoms with E-state index in [0.29, 0.717) is 12.1 Å². The van der Waals surface area contributed by atoms with Crippen molar-refractivity contribution in [2.45, 2.75) is 89.7 Å². The minimum absolute atomic E-state index is 0.0501. The van der Waals surface area contributed by atoms with Gasteiger partial charge in [0.15, 0.2) is 0 Å². The van der Waals surface area contributed by atoms with E-state index in [9.17, 15) is 18.0 Å². The summed E-state index contributed by atoms with van der Waals surface area (Å²) in [5.74, 6) is -0.669. The third kappa shape index (κ3) is 8.92. The monoisotopic (exact) mass is 665 g/mol. The van der Waals surface area contributed by atoms with Gasteiger partial charge in [-0.15, -0.1) is 0 Å². The van der Waals surface area contributed by atoms with Gasteiger partial charge in [-0.1, -0.05) is 103 Å². The van der Waals surface area contributed by atoms with E-state index >= 15 is 0 Å². The number of nitrogens with one attached hydrogen (secondary N) is 1. The predicted octanol–water partition coefficient (Wildman–Crippen LogP) is 7.20. The molecule has 8 heteroatoms. The molecule has 7 nitrogen and oxygen atoms in total. The number of carbonyl (C=O) groups is 2. The molecule has 5 rings (SSSR count). The number of rotatable bonds is 12. The van der Waals surface area contributed by atoms with Crippen LogP contribution in [0.2, 0.25) is 0 Å². The Morgan fingerprint density at radius 2 is 1.38 bits per heavy atom. The number of hydrogen-bond acceptors (Lipinski definition) is 4. The van der Waals surface area contributed by atoms with Crippen molar-refractivity contribution in [1.82, 2.24) is 10.2 Å². The number of nitrogens with zero attached hydrogens (tertiary/aromatic N) is 2. The summed E-state index contributed by atoms with van der Waals surface area (Å²) in [6, 6.07) is 29.0. The maximum atomic E-state index is 14.8. The number of anilines is 1. The van der Waals surface area contributed by atoms with Gasteiger partial charge in [0.25, 0.3) is 10.0 Å². The summed E-state index contributed by atoms with van der Waals surface area (Å²) in [7, 11) is -4.15. The van der Waals surface area contributed by atoms with E-state index in [0.717, 1.165) is 65.5 Å². The van der Waals surface area contributed by atoms with Gasteiger partial charge in [-0.05, 0) is 87.1 Å². The second kappa shape index (κ2) is 15.6. The van der Waals surface area contributed by atoms with Gasteiger partial charge in [-0.2, -0.15) is 0 Å². The summed E-state index contributed by atoms with van der Waals surface area (Å²) in [6.07, 6.45) is 5.38. The summed E-state index contributed by atoms with van der Waals surface area (Å²) in [4.78, 5) is 30.7. The zero-order valence-electron chi connectivity index (χ0n) is 28.5. The summed E-state index contributed by atoms with van der Waals surface area (Å²) >= 11 is 0. The lowest BCUT2D eigenvalue weighted by molar-refractivity contribution is -0.140. The summed E-state index contributed by atoms with van der Waals surface area (Å²) in [5.41, 5.74) is 5.92. The van der Waals surface area contributed by atoms with Gasteiger partial charge >= 0.3 is 0 Å². The number of carbonyl (C=O) groups excluding carboxylic acids is 2. The normalized spacial score (nSPS) is 14.2. The molecule has 0 radical (unpaired) electrons. The third-order valence-corrected chi connectivity index (χ3v) is 10.8. The molecule has 0 aliphatic heterocycles. The number of hydrogen-bond donors (Lipinski definition) is 1. The number of amides is 2. The minimum atomic E-state index is -4.15. The first-order chi connectivity index (χ1) is 23.0. The van der Waals surface area contributed by atoms with Gasteiger partial charge in [0, 0.05) is 19.0 Å². The molecule has 1 aliphatic carbocycles. The molecule has 4 aromatic rings. The van der Waals surface area contributed by atoms with Crippen LogP contribution in [0.5, 0.6) is 0 Å². The molecule has 1 aliphatic rings. The average Bonchev–Trinajstić information content (AvgIpc) is 3.05. The molecule has 48 heavy (non-hydrogen) atoms. The summed E-state index contributed by atoms with van der Waals surface area (Å²) in [5, 5.41) is 3.27. The van der Waals surface area contributed by atoms with Crippen LogP contribution in [-0.2, 0) is 32.6 Å². The average molecular weight is 666 g/mol. The SMILES string of the molecule is Cc1ccc(S(=O)(=O)N(CC(=O)N(Cc2cccc(C)c2)[C@@H](Cc2ccccc2)C(=O)NC2CCCCC2)c2cc(C)cc(C)c2)cc1. The standard InChI is InChI=1S/C40H47N3O4S/c1-29-18-20-37(21-19-29)48(46,47)43(36-24-31(3)22-32(4)25-36)28-39(44)42(27-34-15-11-12-30(2)23-34)38(26-33-13-7-5-8-14-33)40(45)41-35-16-9-6-10-17-35/h5,7-8,11-15,18-25,35,38H,6,9-10,16-17,26-28H2,1-4H3,(H,41,45)/t38-/m0/s1. The van der Waals surface area contributed by atoms with Crippen LogP contribution in [0.1, 0.15) is 65.5 Å². The Hall–Kier alpha value is -4.43. The van der Waals surface area contributed by atoms with Crippen molar-refractivity contribution in [3.8, 4) is 0 Å². The van der Waals surface area contributed by atoms with Crippen LogP contribution in [0, 0.1) is 27.7 Å². The second-order valence-corrected chi connectivity index (χ2v) is 15.1. The Bertz CT molecular complexity index is 1800. The van der Waals surface area contributed by atoms with Crippen LogP contribution in [0.15, 0.2) is 102 Å². The topological polar surface area (TPSA) is 86.8 Å². The van der Waals surface area contributed by atoms with Crippen LogP contribution in [0.25, 0.3) is 0 Å². The third-order valence-electron chi connectivity index (χ3n) is 9.04. The van der Waals surface area contributed by atoms with Crippen molar-refractivity contribution < 1.29 is 18.0 Å². The highest BCUT2D eigenvalue weighted by molar-refractivity contribution is 7.92. The molecular formula is C40H47N3O4S. The summed E-state index contributed by atoms with van der Waals surface area (Å²) in [6.45, 7) is 7.39. The molecule has 4 aromatic carbocycles. The van der Waals surface area contributed by atoms with Gasteiger partial charge in [0.2, 0.25) is 11.8 Å². The fourth-order valence-corrected chi connectivity index (χ4v) is 7.96. The smallest absolute Gasteiger partial charge is 0.264 e. The molecule has 0 unspecified atom stereocenters. The molecule has 1 N–H and O–H groups in total. The van der Waals surface area contributed by atoms with Crippen molar-refractivity contribution in [3.05, 3.63) is 130 Å². The first kappa shape index (κ1) is 34.9. The minimum Gasteiger partial charge on any atom is -0.352 e. The van der Waals surface area contributed by atoms with E-state index in [1.807, 2.05) is 88.4 Å². The van der Waals surface area contributed by atoms with Gasteiger partial charge < -0.3 is 10.2 Å². The van der Waals surface area contributed by atoms with Gasteiger partial charge in [0.05, 0.1) is 10.6 Å². The molecule has 0 heterocycles. The van der Waals surface area contributed by atoms with E-state index in [1.54, 1.807) is 41.3 Å².